The SMILES string of the molecule is CC(N)CCC(=O)NC(C)c1cccc(OC(C)C)c1. The van der Waals surface area contributed by atoms with E-state index in [0.29, 0.717) is 12.8 Å². The van der Waals surface area contributed by atoms with Gasteiger partial charge in [0.25, 0.3) is 0 Å². The molecule has 1 aromatic rings. The fourth-order valence-corrected chi connectivity index (χ4v) is 1.89. The summed E-state index contributed by atoms with van der Waals surface area (Å²) < 4.78 is 5.66. The zero-order valence-electron chi connectivity index (χ0n) is 12.8. The van der Waals surface area contributed by atoms with Crippen molar-refractivity contribution >= 4 is 5.91 Å². The summed E-state index contributed by atoms with van der Waals surface area (Å²) in [5, 5.41) is 2.98. The third-order valence-electron chi connectivity index (χ3n) is 2.93. The van der Waals surface area contributed by atoms with E-state index in [2.05, 4.69) is 5.32 Å². The van der Waals surface area contributed by atoms with Gasteiger partial charge in [-0.25, -0.2) is 0 Å². The number of nitrogens with two attached hydrogens (primary N) is 1. The number of nitrogens with one attached hydrogen (secondary N) is 1. The molecule has 2 unspecified atom stereocenters. The summed E-state index contributed by atoms with van der Waals surface area (Å²) in [6, 6.07) is 7.84. The van der Waals surface area contributed by atoms with Gasteiger partial charge in [-0.1, -0.05) is 12.1 Å². The Hall–Kier alpha value is -1.55. The number of rotatable bonds is 7. The molecule has 4 nitrogen and oxygen atoms in total. The van der Waals surface area contributed by atoms with Gasteiger partial charge in [0.05, 0.1) is 12.1 Å². The van der Waals surface area contributed by atoms with Gasteiger partial charge < -0.3 is 15.8 Å². The minimum Gasteiger partial charge on any atom is -0.491 e. The van der Waals surface area contributed by atoms with Crippen LogP contribution in [-0.2, 0) is 4.79 Å². The van der Waals surface area contributed by atoms with E-state index in [4.69, 9.17) is 10.5 Å². The van der Waals surface area contributed by atoms with Gasteiger partial charge in [0, 0.05) is 12.5 Å². The van der Waals surface area contributed by atoms with Crippen molar-refractivity contribution in [2.24, 2.45) is 5.73 Å². The van der Waals surface area contributed by atoms with Crippen LogP contribution in [-0.4, -0.2) is 18.1 Å². The van der Waals surface area contributed by atoms with Crippen LogP contribution in [0.25, 0.3) is 0 Å². The molecule has 2 atom stereocenters. The quantitative estimate of drug-likeness (QED) is 0.806. The van der Waals surface area contributed by atoms with Crippen molar-refractivity contribution in [2.75, 3.05) is 0 Å². The molecule has 1 aromatic carbocycles. The summed E-state index contributed by atoms with van der Waals surface area (Å²) in [4.78, 5) is 11.8. The molecule has 0 saturated heterocycles. The number of carbonyl (C=O) groups is 1. The van der Waals surface area contributed by atoms with Gasteiger partial charge in [0.1, 0.15) is 5.75 Å². The lowest BCUT2D eigenvalue weighted by molar-refractivity contribution is -0.121. The summed E-state index contributed by atoms with van der Waals surface area (Å²) in [6.45, 7) is 7.86. The Balaban J connectivity index is 2.58. The second-order valence-electron chi connectivity index (χ2n) is 5.54. The van der Waals surface area contributed by atoms with Crippen LogP contribution < -0.4 is 15.8 Å². The molecule has 0 saturated carbocycles. The maximum absolute atomic E-state index is 11.8. The minimum atomic E-state index is -0.0358. The van der Waals surface area contributed by atoms with Crippen LogP contribution in [0.4, 0.5) is 0 Å². The zero-order chi connectivity index (χ0) is 15.1. The molecular weight excluding hydrogens is 252 g/mol. The number of hydrogen-bond acceptors (Lipinski definition) is 3. The Kier molecular flexibility index (Phi) is 6.52. The Morgan fingerprint density at radius 3 is 2.60 bits per heavy atom. The third-order valence-corrected chi connectivity index (χ3v) is 2.93. The average Bonchev–Trinajstić information content (AvgIpc) is 2.36. The second-order valence-corrected chi connectivity index (χ2v) is 5.54. The van der Waals surface area contributed by atoms with Crippen LogP contribution in [0, 0.1) is 0 Å². The molecule has 4 heteroatoms. The summed E-state index contributed by atoms with van der Waals surface area (Å²) in [5.74, 6) is 0.860. The van der Waals surface area contributed by atoms with Gasteiger partial charge in [-0.2, -0.15) is 0 Å². The van der Waals surface area contributed by atoms with Gasteiger partial charge in [-0.05, 0) is 51.8 Å². The molecule has 1 amide bonds. The topological polar surface area (TPSA) is 64.4 Å². The molecule has 0 bridgehead atoms. The van der Waals surface area contributed by atoms with Gasteiger partial charge >= 0.3 is 0 Å². The zero-order valence-corrected chi connectivity index (χ0v) is 12.8. The Labute approximate surface area is 121 Å². The molecule has 3 N–H and O–H groups in total. The number of benzene rings is 1. The maximum atomic E-state index is 11.8. The molecule has 0 heterocycles. The van der Waals surface area contributed by atoms with Gasteiger partial charge in [-0.3, -0.25) is 4.79 Å². The van der Waals surface area contributed by atoms with Crippen molar-refractivity contribution in [1.29, 1.82) is 0 Å². The van der Waals surface area contributed by atoms with Gasteiger partial charge in [-0.15, -0.1) is 0 Å². The van der Waals surface area contributed by atoms with Crippen LogP contribution in [0.5, 0.6) is 5.75 Å². The van der Waals surface area contributed by atoms with Crippen LogP contribution in [0.15, 0.2) is 24.3 Å². The van der Waals surface area contributed by atoms with Gasteiger partial charge in [0.15, 0.2) is 0 Å². The Morgan fingerprint density at radius 1 is 1.30 bits per heavy atom. The highest BCUT2D eigenvalue weighted by Gasteiger charge is 2.11. The van der Waals surface area contributed by atoms with E-state index in [1.54, 1.807) is 0 Å². The molecule has 0 aliphatic carbocycles. The van der Waals surface area contributed by atoms with Crippen molar-refractivity contribution in [3.8, 4) is 5.75 Å². The fraction of sp³-hybridized carbons (Fsp3) is 0.562. The van der Waals surface area contributed by atoms with E-state index in [-0.39, 0.29) is 24.1 Å². The number of amides is 1. The molecule has 0 aromatic heterocycles. The molecular formula is C16H26N2O2. The van der Waals surface area contributed by atoms with Crippen LogP contribution in [0.1, 0.15) is 52.1 Å². The molecule has 0 aliphatic rings. The first-order valence-electron chi connectivity index (χ1n) is 7.20. The standard InChI is InChI=1S/C16H26N2O2/c1-11(2)20-15-7-5-6-14(10-15)13(4)18-16(19)9-8-12(3)17/h5-7,10-13H,8-9,17H2,1-4H3,(H,18,19). The monoisotopic (exact) mass is 278 g/mol. The summed E-state index contributed by atoms with van der Waals surface area (Å²) in [5.41, 5.74) is 6.69. The lowest BCUT2D eigenvalue weighted by Gasteiger charge is -2.17. The van der Waals surface area contributed by atoms with E-state index in [9.17, 15) is 4.79 Å². The molecule has 1 rings (SSSR count). The lowest BCUT2D eigenvalue weighted by atomic mass is 10.1. The smallest absolute Gasteiger partial charge is 0.220 e. The summed E-state index contributed by atoms with van der Waals surface area (Å²) in [6.07, 6.45) is 1.31. The lowest BCUT2D eigenvalue weighted by Crippen LogP contribution is -2.28. The molecule has 0 radical (unpaired) electrons. The van der Waals surface area contributed by atoms with Crippen molar-refractivity contribution < 1.29 is 9.53 Å². The highest BCUT2D eigenvalue weighted by molar-refractivity contribution is 5.76. The summed E-state index contributed by atoms with van der Waals surface area (Å²) >= 11 is 0. The molecule has 0 aliphatic heterocycles. The van der Waals surface area contributed by atoms with Crippen molar-refractivity contribution in [2.45, 2.75) is 58.7 Å². The van der Waals surface area contributed by atoms with Crippen LogP contribution in [0.2, 0.25) is 0 Å². The molecule has 0 spiro atoms. The number of hydrogen-bond donors (Lipinski definition) is 2. The number of carbonyl (C=O) groups excluding carboxylic acids is 1. The minimum absolute atomic E-state index is 0.0324. The van der Waals surface area contributed by atoms with E-state index in [0.717, 1.165) is 11.3 Å². The highest BCUT2D eigenvalue weighted by atomic mass is 16.5. The first-order valence-corrected chi connectivity index (χ1v) is 7.20. The predicted octanol–water partition coefficient (Wildman–Crippen LogP) is 2.78. The fourth-order valence-electron chi connectivity index (χ4n) is 1.89. The third kappa shape index (κ3) is 6.06. The van der Waals surface area contributed by atoms with E-state index < -0.39 is 0 Å². The van der Waals surface area contributed by atoms with E-state index >= 15 is 0 Å². The Morgan fingerprint density at radius 2 is 2.00 bits per heavy atom. The van der Waals surface area contributed by atoms with Gasteiger partial charge in [0.2, 0.25) is 5.91 Å². The molecule has 20 heavy (non-hydrogen) atoms. The average molecular weight is 278 g/mol. The van der Waals surface area contributed by atoms with E-state index in [1.165, 1.54) is 0 Å². The van der Waals surface area contributed by atoms with E-state index in [1.807, 2.05) is 52.0 Å². The molecule has 112 valence electrons. The largest absolute Gasteiger partial charge is 0.491 e. The maximum Gasteiger partial charge on any atom is 0.220 e. The molecule has 0 fully saturated rings. The normalized spacial score (nSPS) is 13.9. The van der Waals surface area contributed by atoms with Crippen molar-refractivity contribution in [3.05, 3.63) is 29.8 Å². The first-order chi connectivity index (χ1) is 9.38. The Bertz CT molecular complexity index is 430. The van der Waals surface area contributed by atoms with Crippen molar-refractivity contribution in [3.63, 3.8) is 0 Å². The first kappa shape index (κ1) is 16.5. The highest BCUT2D eigenvalue weighted by Crippen LogP contribution is 2.20. The number of ether oxygens (including phenoxy) is 1. The predicted molar refractivity (Wildman–Crippen MR) is 81.6 cm³/mol. The second kappa shape index (κ2) is 7.90. The van der Waals surface area contributed by atoms with Crippen LogP contribution in [0.3, 0.4) is 0 Å². The summed E-state index contributed by atoms with van der Waals surface area (Å²) in [7, 11) is 0. The van der Waals surface area contributed by atoms with Crippen molar-refractivity contribution in [1.82, 2.24) is 5.32 Å². The van der Waals surface area contributed by atoms with Crippen LogP contribution >= 0.6 is 0 Å².